The molecule has 0 unspecified atom stereocenters. The number of nitrogen functional groups attached to an aromatic ring is 1. The first-order valence-electron chi connectivity index (χ1n) is 4.38. The fraction of sp³-hybridized carbons (Fsp3) is 0.222. The van der Waals surface area contributed by atoms with E-state index in [0.29, 0.717) is 0 Å². The van der Waals surface area contributed by atoms with Crippen molar-refractivity contribution >= 4 is 28.9 Å². The fourth-order valence-electron chi connectivity index (χ4n) is 1.10. The van der Waals surface area contributed by atoms with Gasteiger partial charge in [-0.3, -0.25) is 10.1 Å². The van der Waals surface area contributed by atoms with E-state index in [4.69, 9.17) is 22.1 Å². The van der Waals surface area contributed by atoms with Gasteiger partial charge in [0, 0.05) is 11.8 Å². The summed E-state index contributed by atoms with van der Waals surface area (Å²) in [6.07, 6.45) is 0. The monoisotopic (exact) mass is 244 g/mol. The number of carbonyl (C=O) groups is 1. The Morgan fingerprint density at radius 1 is 1.62 bits per heavy atom. The molecule has 0 saturated heterocycles. The van der Waals surface area contributed by atoms with E-state index in [0.717, 1.165) is 12.1 Å². The van der Waals surface area contributed by atoms with Gasteiger partial charge in [0.2, 0.25) is 0 Å². The zero-order chi connectivity index (χ0) is 12.3. The summed E-state index contributed by atoms with van der Waals surface area (Å²) in [5.41, 5.74) is 5.13. The molecule has 0 aliphatic heterocycles. The van der Waals surface area contributed by atoms with Gasteiger partial charge >= 0.3 is 5.97 Å². The number of nitrogens with zero attached hydrogens (tertiary/aromatic N) is 1. The Morgan fingerprint density at radius 3 is 2.75 bits per heavy atom. The zero-order valence-corrected chi connectivity index (χ0v) is 9.15. The number of benzene rings is 1. The molecule has 0 aliphatic rings. The molecule has 0 aromatic heterocycles. The molecule has 1 rings (SSSR count). The summed E-state index contributed by atoms with van der Waals surface area (Å²) < 4.78 is 4.70. The molecule has 0 aliphatic carbocycles. The number of hydrogen-bond acceptors (Lipinski definition) is 5. The van der Waals surface area contributed by atoms with Gasteiger partial charge in [-0.2, -0.15) is 0 Å². The van der Waals surface area contributed by atoms with Crippen molar-refractivity contribution in [3.63, 3.8) is 0 Å². The van der Waals surface area contributed by atoms with Crippen molar-refractivity contribution < 1.29 is 14.5 Å². The van der Waals surface area contributed by atoms with Crippen LogP contribution in [0.3, 0.4) is 0 Å². The molecule has 16 heavy (non-hydrogen) atoms. The smallest absolute Gasteiger partial charge is 0.340 e. The Bertz CT molecular complexity index is 447. The molecule has 0 spiro atoms. The predicted molar refractivity (Wildman–Crippen MR) is 58.5 cm³/mol. The van der Waals surface area contributed by atoms with Crippen LogP contribution in [0.15, 0.2) is 12.1 Å². The van der Waals surface area contributed by atoms with Crippen LogP contribution in [0, 0.1) is 10.1 Å². The van der Waals surface area contributed by atoms with Crippen LogP contribution < -0.4 is 5.73 Å². The third-order valence-electron chi connectivity index (χ3n) is 1.81. The van der Waals surface area contributed by atoms with Crippen molar-refractivity contribution in [3.8, 4) is 0 Å². The maximum atomic E-state index is 11.4. The lowest BCUT2D eigenvalue weighted by molar-refractivity contribution is -0.384. The first-order chi connectivity index (χ1) is 7.47. The molecule has 6 nitrogen and oxygen atoms in total. The molecule has 0 amide bonds. The van der Waals surface area contributed by atoms with Gasteiger partial charge < -0.3 is 10.5 Å². The number of ether oxygens (including phenoxy) is 1. The van der Waals surface area contributed by atoms with E-state index >= 15 is 0 Å². The Labute approximate surface area is 96.1 Å². The van der Waals surface area contributed by atoms with E-state index in [9.17, 15) is 14.9 Å². The molecule has 86 valence electrons. The van der Waals surface area contributed by atoms with Crippen molar-refractivity contribution in [2.24, 2.45) is 0 Å². The topological polar surface area (TPSA) is 95.5 Å². The van der Waals surface area contributed by atoms with Gasteiger partial charge in [-0.15, -0.1) is 0 Å². The number of rotatable bonds is 3. The fourth-order valence-corrected chi connectivity index (χ4v) is 1.34. The second kappa shape index (κ2) is 4.80. The Morgan fingerprint density at radius 2 is 2.25 bits per heavy atom. The number of esters is 1. The van der Waals surface area contributed by atoms with Crippen LogP contribution in [-0.4, -0.2) is 17.5 Å². The van der Waals surface area contributed by atoms with E-state index in [1.807, 2.05) is 0 Å². The second-order valence-electron chi connectivity index (χ2n) is 2.87. The summed E-state index contributed by atoms with van der Waals surface area (Å²) in [5.74, 6) is -0.709. The minimum absolute atomic E-state index is 0.0500. The summed E-state index contributed by atoms with van der Waals surface area (Å²) in [5, 5.41) is 10.5. The van der Waals surface area contributed by atoms with E-state index in [1.165, 1.54) is 0 Å². The second-order valence-corrected chi connectivity index (χ2v) is 3.28. The number of hydrogen-bond donors (Lipinski definition) is 1. The van der Waals surface area contributed by atoms with E-state index < -0.39 is 10.9 Å². The number of anilines is 1. The number of nitro groups is 1. The Balaban J connectivity index is 3.24. The first kappa shape index (κ1) is 12.3. The van der Waals surface area contributed by atoms with Gasteiger partial charge in [0.15, 0.2) is 0 Å². The average molecular weight is 245 g/mol. The predicted octanol–water partition coefficient (Wildman–Crippen LogP) is 2.01. The van der Waals surface area contributed by atoms with Gasteiger partial charge in [-0.25, -0.2) is 4.79 Å². The molecule has 1 aromatic carbocycles. The van der Waals surface area contributed by atoms with E-state index in [1.54, 1.807) is 6.92 Å². The summed E-state index contributed by atoms with van der Waals surface area (Å²) in [6, 6.07) is 2.17. The molecule has 0 saturated carbocycles. The molecular weight excluding hydrogens is 236 g/mol. The summed E-state index contributed by atoms with van der Waals surface area (Å²) >= 11 is 5.60. The lowest BCUT2D eigenvalue weighted by Crippen LogP contribution is -2.08. The van der Waals surface area contributed by atoms with Crippen LogP contribution in [0.1, 0.15) is 17.3 Å². The molecule has 0 heterocycles. The number of nitrogens with two attached hydrogens (primary N) is 1. The van der Waals surface area contributed by atoms with E-state index in [2.05, 4.69) is 0 Å². The molecule has 0 fully saturated rings. The van der Waals surface area contributed by atoms with Crippen LogP contribution in [0.4, 0.5) is 11.4 Å². The quantitative estimate of drug-likeness (QED) is 0.380. The van der Waals surface area contributed by atoms with Crippen LogP contribution in [0.25, 0.3) is 0 Å². The third kappa shape index (κ3) is 2.40. The molecule has 0 atom stereocenters. The lowest BCUT2D eigenvalue weighted by Gasteiger charge is -2.05. The van der Waals surface area contributed by atoms with Crippen molar-refractivity contribution in [2.45, 2.75) is 6.92 Å². The molecule has 0 radical (unpaired) electrons. The maximum Gasteiger partial charge on any atom is 0.340 e. The van der Waals surface area contributed by atoms with Crippen molar-refractivity contribution in [2.75, 3.05) is 12.3 Å². The minimum Gasteiger partial charge on any atom is -0.462 e. The molecular formula is C9H9ClN2O4. The highest BCUT2D eigenvalue weighted by Gasteiger charge is 2.20. The normalized spacial score (nSPS) is 9.88. The number of halogens is 1. The molecule has 1 aromatic rings. The Kier molecular flexibility index (Phi) is 3.68. The van der Waals surface area contributed by atoms with Crippen LogP contribution in [0.5, 0.6) is 0 Å². The summed E-state index contributed by atoms with van der Waals surface area (Å²) in [6.45, 7) is 1.78. The SMILES string of the molecule is CCOC(=O)c1cc([N+](=O)[O-])c(Cl)cc1N. The minimum atomic E-state index is -0.709. The average Bonchev–Trinajstić information content (AvgIpc) is 2.17. The van der Waals surface area contributed by atoms with Crippen molar-refractivity contribution in [1.29, 1.82) is 0 Å². The van der Waals surface area contributed by atoms with Gasteiger partial charge in [0.25, 0.3) is 5.69 Å². The van der Waals surface area contributed by atoms with Gasteiger partial charge in [-0.1, -0.05) is 11.6 Å². The van der Waals surface area contributed by atoms with Crippen LogP contribution >= 0.6 is 11.6 Å². The van der Waals surface area contributed by atoms with Crippen LogP contribution in [0.2, 0.25) is 5.02 Å². The molecule has 7 heteroatoms. The Hall–Kier alpha value is -1.82. The van der Waals surface area contributed by atoms with Gasteiger partial charge in [0.1, 0.15) is 5.02 Å². The highest BCUT2D eigenvalue weighted by atomic mass is 35.5. The van der Waals surface area contributed by atoms with Gasteiger partial charge in [-0.05, 0) is 13.0 Å². The molecule has 2 N–H and O–H groups in total. The van der Waals surface area contributed by atoms with Crippen LogP contribution in [-0.2, 0) is 4.74 Å². The zero-order valence-electron chi connectivity index (χ0n) is 8.40. The van der Waals surface area contributed by atoms with Gasteiger partial charge in [0.05, 0.1) is 17.1 Å². The third-order valence-corrected chi connectivity index (χ3v) is 2.11. The molecule has 0 bridgehead atoms. The highest BCUT2D eigenvalue weighted by molar-refractivity contribution is 6.33. The summed E-state index contributed by atoms with van der Waals surface area (Å²) in [7, 11) is 0. The first-order valence-corrected chi connectivity index (χ1v) is 4.75. The van der Waals surface area contributed by atoms with Crippen molar-refractivity contribution in [3.05, 3.63) is 32.8 Å². The standard InChI is InChI=1S/C9H9ClN2O4/c1-2-16-9(13)5-3-8(12(14)15)6(10)4-7(5)11/h3-4H,2,11H2,1H3. The van der Waals surface area contributed by atoms with Crippen molar-refractivity contribution in [1.82, 2.24) is 0 Å². The number of nitro benzene ring substituents is 1. The number of carbonyl (C=O) groups excluding carboxylic acids is 1. The summed E-state index contributed by atoms with van der Waals surface area (Å²) in [4.78, 5) is 21.3. The largest absolute Gasteiger partial charge is 0.462 e. The van der Waals surface area contributed by atoms with E-state index in [-0.39, 0.29) is 28.6 Å². The maximum absolute atomic E-state index is 11.4. The highest BCUT2D eigenvalue weighted by Crippen LogP contribution is 2.29. The lowest BCUT2D eigenvalue weighted by atomic mass is 10.1.